The maximum Gasteiger partial charge on any atom is 0.0995 e. The maximum atomic E-state index is 11.3. The number of nitrogens with zero attached hydrogens (tertiary/aromatic N) is 3. The summed E-state index contributed by atoms with van der Waals surface area (Å²) in [5.41, 5.74) is 29.5. The second kappa shape index (κ2) is 16.3. The Balaban J connectivity index is 1.26. The molecule has 1 fully saturated rings. The van der Waals surface area contributed by atoms with Crippen LogP contribution in [0.2, 0.25) is 0 Å². The van der Waals surface area contributed by atoms with Crippen molar-refractivity contribution in [2.45, 2.75) is 201 Å². The molecule has 2 heterocycles. The lowest BCUT2D eigenvalue weighted by Crippen LogP contribution is -2.58. The molecular formula is C75H79N3. The Morgan fingerprint density at radius 2 is 1.18 bits per heavy atom. The van der Waals surface area contributed by atoms with E-state index >= 15 is 0 Å². The van der Waals surface area contributed by atoms with E-state index in [9.17, 15) is 10.5 Å². The second-order valence-electron chi connectivity index (χ2n) is 27.7. The fourth-order valence-electron chi connectivity index (χ4n) is 18.6. The molecule has 0 radical (unpaired) electrons. The summed E-state index contributed by atoms with van der Waals surface area (Å²) in [6.07, 6.45) is 15.5. The molecule has 6 aliphatic rings. The number of allylic oxidation sites excluding steroid dienone is 4. The van der Waals surface area contributed by atoms with Crippen LogP contribution in [0.15, 0.2) is 84.5 Å². The minimum absolute atomic E-state index is 0.0656. The van der Waals surface area contributed by atoms with Gasteiger partial charge in [0.25, 0.3) is 0 Å². The van der Waals surface area contributed by atoms with Crippen LogP contribution in [0.3, 0.4) is 0 Å². The predicted molar refractivity (Wildman–Crippen MR) is 328 cm³/mol. The Kier molecular flexibility index (Phi) is 10.4. The van der Waals surface area contributed by atoms with E-state index in [0.717, 1.165) is 79.9 Å². The van der Waals surface area contributed by atoms with Gasteiger partial charge in [0.2, 0.25) is 0 Å². The van der Waals surface area contributed by atoms with Gasteiger partial charge in [-0.1, -0.05) is 157 Å². The lowest BCUT2D eigenvalue weighted by molar-refractivity contribution is 0.158. The molecule has 0 N–H and O–H groups in total. The van der Waals surface area contributed by atoms with Gasteiger partial charge < -0.3 is 4.40 Å². The Labute approximate surface area is 464 Å². The molecule has 3 unspecified atom stereocenters. The number of fused-ring (bicyclic) bond motifs is 18. The first-order valence-electron chi connectivity index (χ1n) is 30.4. The highest BCUT2D eigenvalue weighted by Gasteiger charge is 2.63. The van der Waals surface area contributed by atoms with Crippen molar-refractivity contribution in [3.63, 3.8) is 0 Å². The van der Waals surface area contributed by atoms with Gasteiger partial charge in [-0.25, -0.2) is 0 Å². The summed E-state index contributed by atoms with van der Waals surface area (Å²) in [5, 5.41) is 28.2. The highest BCUT2D eigenvalue weighted by atomic mass is 14.9. The Hall–Kier alpha value is -6.42. The average molecular weight is 1020 g/mol. The van der Waals surface area contributed by atoms with Crippen LogP contribution in [0.4, 0.5) is 0 Å². The molecule has 0 aliphatic heterocycles. The molecule has 8 aromatic rings. The molecule has 3 atom stereocenters. The number of benzene rings is 6. The Morgan fingerprint density at radius 3 is 1.77 bits per heavy atom. The van der Waals surface area contributed by atoms with Crippen LogP contribution < -0.4 is 0 Å². The van der Waals surface area contributed by atoms with Gasteiger partial charge in [0, 0.05) is 37.8 Å². The zero-order chi connectivity index (χ0) is 54.7. The van der Waals surface area contributed by atoms with Crippen molar-refractivity contribution in [1.82, 2.24) is 4.40 Å². The summed E-state index contributed by atoms with van der Waals surface area (Å²) in [5.74, 6) is 1.62. The van der Waals surface area contributed by atoms with E-state index in [2.05, 4.69) is 192 Å². The lowest BCUT2D eigenvalue weighted by atomic mass is 9.41. The third-order valence-corrected chi connectivity index (χ3v) is 23.4. The van der Waals surface area contributed by atoms with E-state index < -0.39 is 5.41 Å². The first-order valence-corrected chi connectivity index (χ1v) is 30.4. The molecule has 2 aromatic heterocycles. The molecular weight excluding hydrogens is 943 g/mol. The third kappa shape index (κ3) is 5.85. The summed E-state index contributed by atoms with van der Waals surface area (Å²) in [4.78, 5) is 0. The van der Waals surface area contributed by atoms with Crippen LogP contribution in [0.25, 0.3) is 77.0 Å². The molecule has 3 nitrogen and oxygen atoms in total. The average Bonchev–Trinajstić information content (AvgIpc) is 2.21. The standard InChI is InChI=1S/C75H79N3/c1-15-74(16-2)31-30-52-46(39-77)36-59-65(68(52)74)67-63-54-28-26-44(60-48(41(6)7)23-20-24-49(60)42(8)9)34-56(54)72(12,13)73(14)69(63)62(53-27-25-43(33-55(53)71(73,10)11)50-22-19-18-21-47(50)40(4)5)66-64-58(78(59)70(66)67)35-45(38-76)51-29-32-75(17-3)37-57(75)61(51)64/h19-20,22-28,33-36,40-42,57H,15-18,21,29-32,37H2,1-14H3. The van der Waals surface area contributed by atoms with Gasteiger partial charge in [0.05, 0.1) is 39.8 Å². The number of hydrogen-bond donors (Lipinski definition) is 0. The van der Waals surface area contributed by atoms with Gasteiger partial charge in [-0.2, -0.15) is 10.5 Å². The van der Waals surface area contributed by atoms with Crippen LogP contribution in [-0.2, 0) is 34.5 Å². The summed E-state index contributed by atoms with van der Waals surface area (Å²) < 4.78 is 2.63. The highest BCUT2D eigenvalue weighted by molar-refractivity contribution is 6.34. The molecule has 0 bridgehead atoms. The fraction of sp³-hybridized carbons (Fsp3) is 0.440. The first-order chi connectivity index (χ1) is 37.3. The molecule has 78 heavy (non-hydrogen) atoms. The summed E-state index contributed by atoms with van der Waals surface area (Å²) in [6, 6.07) is 32.7. The molecule has 6 aromatic carbocycles. The molecule has 0 spiro atoms. The zero-order valence-corrected chi connectivity index (χ0v) is 49.2. The summed E-state index contributed by atoms with van der Waals surface area (Å²) in [6.45, 7) is 34.5. The van der Waals surface area contributed by atoms with E-state index in [-0.39, 0.29) is 21.7 Å². The second-order valence-corrected chi connectivity index (χ2v) is 27.7. The van der Waals surface area contributed by atoms with Crippen LogP contribution in [0.5, 0.6) is 0 Å². The summed E-state index contributed by atoms with van der Waals surface area (Å²) in [7, 11) is 0. The highest BCUT2D eigenvalue weighted by Crippen LogP contribution is 2.73. The SMILES string of the molecule is CCC1(CC)CCc2c(C#N)cc3c(c21)c1c2c4c(c5c6c7c(c(C#N)cc6n3c51)CCC1(CC)CC71)-c1ccc(C3=C(C(C)C)CCC=C3)cc1C(C)(C)C4(C)C(C)(C)c1cc(-c3c(C(C)C)cccc3C(C)C)ccc1-2. The van der Waals surface area contributed by atoms with Gasteiger partial charge in [-0.15, -0.1) is 0 Å². The largest absolute Gasteiger partial charge is 0.308 e. The minimum Gasteiger partial charge on any atom is -0.308 e. The van der Waals surface area contributed by atoms with Gasteiger partial charge in [0.1, 0.15) is 0 Å². The number of rotatable bonds is 8. The minimum atomic E-state index is -0.429. The predicted octanol–water partition coefficient (Wildman–Crippen LogP) is 20.3. The first kappa shape index (κ1) is 49.8. The van der Waals surface area contributed by atoms with Crippen molar-refractivity contribution in [3.8, 4) is 45.5 Å². The van der Waals surface area contributed by atoms with Gasteiger partial charge in [-0.3, -0.25) is 0 Å². The molecule has 0 saturated heterocycles. The molecule has 6 aliphatic carbocycles. The monoisotopic (exact) mass is 1020 g/mol. The van der Waals surface area contributed by atoms with Crippen molar-refractivity contribution in [1.29, 1.82) is 10.5 Å². The number of hydrogen-bond acceptors (Lipinski definition) is 2. The topological polar surface area (TPSA) is 52.0 Å². The normalized spacial score (nSPS) is 22.8. The zero-order valence-electron chi connectivity index (χ0n) is 49.2. The van der Waals surface area contributed by atoms with Crippen molar-refractivity contribution in [3.05, 3.63) is 151 Å². The molecule has 0 amide bonds. The van der Waals surface area contributed by atoms with Crippen LogP contribution >= 0.6 is 0 Å². The third-order valence-electron chi connectivity index (χ3n) is 23.4. The van der Waals surface area contributed by atoms with Crippen molar-refractivity contribution >= 4 is 43.7 Å². The maximum absolute atomic E-state index is 11.3. The van der Waals surface area contributed by atoms with Crippen molar-refractivity contribution < 1.29 is 0 Å². The summed E-state index contributed by atoms with van der Waals surface area (Å²) >= 11 is 0. The van der Waals surface area contributed by atoms with Crippen molar-refractivity contribution in [2.75, 3.05) is 0 Å². The van der Waals surface area contributed by atoms with Gasteiger partial charge in [0.15, 0.2) is 0 Å². The Morgan fingerprint density at radius 1 is 0.603 bits per heavy atom. The molecule has 14 rings (SSSR count). The Bertz CT molecular complexity index is 4130. The van der Waals surface area contributed by atoms with E-state index in [1.54, 1.807) is 5.57 Å². The van der Waals surface area contributed by atoms with E-state index in [1.165, 1.54) is 128 Å². The number of aromatic nitrogens is 1. The number of nitriles is 2. The molecule has 3 heteroatoms. The van der Waals surface area contributed by atoms with Crippen LogP contribution in [0.1, 0.15) is 233 Å². The van der Waals surface area contributed by atoms with Gasteiger partial charge in [-0.05, 0) is 218 Å². The van der Waals surface area contributed by atoms with Crippen molar-refractivity contribution in [2.24, 2.45) is 11.3 Å². The van der Waals surface area contributed by atoms with E-state index in [0.29, 0.717) is 23.7 Å². The van der Waals surface area contributed by atoms with E-state index in [1.807, 2.05) is 0 Å². The quantitative estimate of drug-likeness (QED) is 0.152. The molecule has 1 saturated carbocycles. The van der Waals surface area contributed by atoms with Crippen LogP contribution in [-0.4, -0.2) is 4.40 Å². The molecule has 394 valence electrons. The smallest absolute Gasteiger partial charge is 0.0995 e. The fourth-order valence-corrected chi connectivity index (χ4v) is 18.6. The van der Waals surface area contributed by atoms with E-state index in [4.69, 9.17) is 0 Å². The van der Waals surface area contributed by atoms with Crippen LogP contribution in [0, 0.1) is 34.0 Å². The lowest BCUT2D eigenvalue weighted by Gasteiger charge is -2.61. The van der Waals surface area contributed by atoms with Gasteiger partial charge >= 0.3 is 0 Å².